The van der Waals surface area contributed by atoms with Crippen molar-refractivity contribution >= 4 is 57.4 Å². The Balaban J connectivity index is 2.06. The van der Waals surface area contributed by atoms with E-state index in [1.807, 2.05) is 6.92 Å². The quantitative estimate of drug-likeness (QED) is 0.737. The number of nitrogens with one attached hydrogen (secondary N) is 1. The Kier molecular flexibility index (Phi) is 6.63. The van der Waals surface area contributed by atoms with E-state index in [9.17, 15) is 14.4 Å². The summed E-state index contributed by atoms with van der Waals surface area (Å²) in [6.45, 7) is 3.04. The summed E-state index contributed by atoms with van der Waals surface area (Å²) in [5.74, 6) is -1.92. The molecule has 0 spiro atoms. The third-order valence-electron chi connectivity index (χ3n) is 3.51. The third kappa shape index (κ3) is 4.55. The summed E-state index contributed by atoms with van der Waals surface area (Å²) in [5, 5.41) is 3.39. The number of rotatable bonds is 5. The smallest absolute Gasteiger partial charge is 0.341 e. The Morgan fingerprint density at radius 3 is 2.50 bits per heavy atom. The van der Waals surface area contributed by atoms with Crippen LogP contribution in [0.15, 0.2) is 18.2 Å². The Bertz CT molecular complexity index is 878. The summed E-state index contributed by atoms with van der Waals surface area (Å²) in [4.78, 5) is 36.9. The molecule has 138 valence electrons. The van der Waals surface area contributed by atoms with Crippen LogP contribution in [-0.2, 0) is 14.3 Å². The summed E-state index contributed by atoms with van der Waals surface area (Å²) in [6, 6.07) is 4.34. The van der Waals surface area contributed by atoms with E-state index >= 15 is 0 Å². The predicted octanol–water partition coefficient (Wildman–Crippen LogP) is 4.25. The number of esters is 2. The highest BCUT2D eigenvalue weighted by atomic mass is 35.5. The zero-order chi connectivity index (χ0) is 19.4. The maximum atomic E-state index is 12.1. The lowest BCUT2D eigenvalue weighted by Gasteiger charge is -2.08. The molecule has 0 atom stereocenters. The van der Waals surface area contributed by atoms with Crippen LogP contribution in [0.25, 0.3) is 0 Å². The van der Waals surface area contributed by atoms with Gasteiger partial charge >= 0.3 is 11.9 Å². The molecule has 0 saturated heterocycles. The van der Waals surface area contributed by atoms with Crippen molar-refractivity contribution in [2.75, 3.05) is 19.0 Å². The molecule has 0 saturated carbocycles. The Morgan fingerprint density at radius 1 is 1.15 bits per heavy atom. The van der Waals surface area contributed by atoms with Gasteiger partial charge in [-0.05, 0) is 37.6 Å². The number of methoxy groups -OCH3 is 1. The van der Waals surface area contributed by atoms with Crippen molar-refractivity contribution in [3.8, 4) is 0 Å². The summed E-state index contributed by atoms with van der Waals surface area (Å²) >= 11 is 13.0. The van der Waals surface area contributed by atoms with Gasteiger partial charge in [0.15, 0.2) is 6.61 Å². The minimum Gasteiger partial charge on any atom is -0.465 e. The molecule has 1 heterocycles. The first-order valence-corrected chi connectivity index (χ1v) is 8.92. The minimum absolute atomic E-state index is 0.0602. The fourth-order valence-corrected chi connectivity index (χ4v) is 3.52. The second kappa shape index (κ2) is 8.53. The number of aryl methyl sites for hydroxylation is 1. The van der Waals surface area contributed by atoms with Crippen LogP contribution in [0.4, 0.5) is 5.00 Å². The van der Waals surface area contributed by atoms with Gasteiger partial charge in [0.1, 0.15) is 5.00 Å². The minimum atomic E-state index is -0.778. The molecule has 0 bridgehead atoms. The highest BCUT2D eigenvalue weighted by molar-refractivity contribution is 7.16. The van der Waals surface area contributed by atoms with Gasteiger partial charge in [0.2, 0.25) is 0 Å². The van der Waals surface area contributed by atoms with Crippen LogP contribution in [0, 0.1) is 13.8 Å². The van der Waals surface area contributed by atoms with Crippen molar-refractivity contribution in [1.29, 1.82) is 0 Å². The van der Waals surface area contributed by atoms with Crippen molar-refractivity contribution in [2.45, 2.75) is 13.8 Å². The molecule has 0 fully saturated rings. The van der Waals surface area contributed by atoms with E-state index in [-0.39, 0.29) is 16.1 Å². The number of thiophene rings is 1. The van der Waals surface area contributed by atoms with Crippen molar-refractivity contribution in [3.05, 3.63) is 49.8 Å². The molecule has 1 aromatic heterocycles. The highest BCUT2D eigenvalue weighted by Crippen LogP contribution is 2.32. The maximum Gasteiger partial charge on any atom is 0.341 e. The van der Waals surface area contributed by atoms with Crippen molar-refractivity contribution in [2.24, 2.45) is 0 Å². The monoisotopic (exact) mass is 415 g/mol. The van der Waals surface area contributed by atoms with Crippen LogP contribution < -0.4 is 5.32 Å². The molecule has 0 aliphatic rings. The fourth-order valence-electron chi connectivity index (χ4n) is 2.09. The van der Waals surface area contributed by atoms with Crippen LogP contribution in [-0.4, -0.2) is 31.6 Å². The van der Waals surface area contributed by atoms with Crippen molar-refractivity contribution in [1.82, 2.24) is 0 Å². The average molecular weight is 416 g/mol. The van der Waals surface area contributed by atoms with E-state index in [1.165, 1.54) is 36.6 Å². The molecular weight excluding hydrogens is 401 g/mol. The number of hydrogen-bond donors (Lipinski definition) is 1. The number of halogens is 2. The van der Waals surface area contributed by atoms with Gasteiger partial charge in [-0.25, -0.2) is 9.59 Å². The molecule has 0 unspecified atom stereocenters. The highest BCUT2D eigenvalue weighted by Gasteiger charge is 2.22. The van der Waals surface area contributed by atoms with Crippen LogP contribution in [0.5, 0.6) is 0 Å². The fraction of sp³-hybridized carbons (Fsp3) is 0.235. The molecule has 6 nitrogen and oxygen atoms in total. The van der Waals surface area contributed by atoms with E-state index in [4.69, 9.17) is 32.7 Å². The van der Waals surface area contributed by atoms with Crippen molar-refractivity contribution in [3.63, 3.8) is 0 Å². The number of anilines is 1. The summed E-state index contributed by atoms with van der Waals surface area (Å²) in [6.07, 6.45) is 0. The average Bonchev–Trinajstić information content (AvgIpc) is 2.88. The second-order valence-corrected chi connectivity index (χ2v) is 7.30. The predicted molar refractivity (Wildman–Crippen MR) is 101 cm³/mol. The molecule has 0 radical (unpaired) electrons. The lowest BCUT2D eigenvalue weighted by atomic mass is 10.1. The Morgan fingerprint density at radius 2 is 1.85 bits per heavy atom. The van der Waals surface area contributed by atoms with Gasteiger partial charge in [-0.1, -0.05) is 23.2 Å². The number of carbonyl (C=O) groups excluding carboxylic acids is 3. The molecule has 2 rings (SSSR count). The maximum absolute atomic E-state index is 12.1. The van der Waals surface area contributed by atoms with Gasteiger partial charge in [-0.3, -0.25) is 4.79 Å². The van der Waals surface area contributed by atoms with Crippen LogP contribution in [0.1, 0.15) is 31.2 Å². The lowest BCUT2D eigenvalue weighted by molar-refractivity contribution is -0.119. The van der Waals surface area contributed by atoms with Gasteiger partial charge in [-0.15, -0.1) is 11.3 Å². The van der Waals surface area contributed by atoms with Gasteiger partial charge in [-0.2, -0.15) is 0 Å². The zero-order valence-corrected chi connectivity index (χ0v) is 16.5. The number of benzene rings is 1. The van der Waals surface area contributed by atoms with Crippen LogP contribution >= 0.6 is 34.5 Å². The molecule has 0 aliphatic heterocycles. The second-order valence-electron chi connectivity index (χ2n) is 5.23. The zero-order valence-electron chi connectivity index (χ0n) is 14.1. The standard InChI is InChI=1S/C17H15Cl2NO5S/c1-8-9(2)26-15(14(8)17(23)24-3)20-13(21)7-25-16(22)11-6-10(18)4-5-12(11)19/h4-6H,7H2,1-3H3,(H,20,21). The van der Waals surface area contributed by atoms with E-state index in [2.05, 4.69) is 5.32 Å². The molecule has 1 amide bonds. The largest absolute Gasteiger partial charge is 0.465 e. The van der Waals surface area contributed by atoms with Gasteiger partial charge in [0.05, 0.1) is 23.3 Å². The third-order valence-corrected chi connectivity index (χ3v) is 5.20. The molecule has 26 heavy (non-hydrogen) atoms. The first-order chi connectivity index (χ1) is 12.2. The summed E-state index contributed by atoms with van der Waals surface area (Å²) < 4.78 is 9.69. The van der Waals surface area contributed by atoms with Gasteiger partial charge in [0.25, 0.3) is 5.91 Å². The Hall–Kier alpha value is -2.09. The topological polar surface area (TPSA) is 81.7 Å². The van der Waals surface area contributed by atoms with Crippen LogP contribution in [0.2, 0.25) is 10.0 Å². The van der Waals surface area contributed by atoms with E-state index in [1.54, 1.807) is 6.92 Å². The van der Waals surface area contributed by atoms with Crippen molar-refractivity contribution < 1.29 is 23.9 Å². The summed E-state index contributed by atoms with van der Waals surface area (Å²) in [7, 11) is 1.26. The molecular formula is C17H15Cl2NO5S. The van der Waals surface area contributed by atoms with E-state index in [0.29, 0.717) is 10.0 Å². The first kappa shape index (κ1) is 20.2. The SMILES string of the molecule is COC(=O)c1c(NC(=O)COC(=O)c2cc(Cl)ccc2Cl)sc(C)c1C. The molecule has 0 aliphatic carbocycles. The number of amides is 1. The number of ether oxygens (including phenoxy) is 2. The molecule has 1 aromatic carbocycles. The van der Waals surface area contributed by atoms with E-state index in [0.717, 1.165) is 10.4 Å². The number of hydrogen-bond acceptors (Lipinski definition) is 6. The normalized spacial score (nSPS) is 10.3. The van der Waals surface area contributed by atoms with E-state index < -0.39 is 24.5 Å². The van der Waals surface area contributed by atoms with Gasteiger partial charge < -0.3 is 14.8 Å². The lowest BCUT2D eigenvalue weighted by Crippen LogP contribution is -2.21. The van der Waals surface area contributed by atoms with Crippen LogP contribution in [0.3, 0.4) is 0 Å². The molecule has 9 heteroatoms. The summed E-state index contributed by atoms with van der Waals surface area (Å²) in [5.41, 5.74) is 1.07. The molecule has 2 aromatic rings. The first-order valence-electron chi connectivity index (χ1n) is 7.35. The van der Waals surface area contributed by atoms with Gasteiger partial charge in [0, 0.05) is 9.90 Å². The molecule has 1 N–H and O–H groups in total. The number of carbonyl (C=O) groups is 3. The Labute approximate surface area is 164 Å².